The van der Waals surface area contributed by atoms with Crippen LogP contribution in [-0.2, 0) is 0 Å². The fraction of sp³-hybridized carbons (Fsp3) is 0.143. The lowest BCUT2D eigenvalue weighted by Gasteiger charge is -2.11. The average molecular weight is 325 g/mol. The fourth-order valence-electron chi connectivity index (χ4n) is 1.03. The number of hydrogen-bond acceptors (Lipinski definition) is 3. The van der Waals surface area contributed by atoms with Gasteiger partial charge in [-0.05, 0) is 0 Å². The third-order valence-corrected chi connectivity index (χ3v) is 3.72. The predicted molar refractivity (Wildman–Crippen MR) is 63.9 cm³/mol. The normalized spacial score (nSPS) is 12.6. The Morgan fingerprint density at radius 3 is 1.88 bits per heavy atom. The van der Waals surface area contributed by atoms with Crippen LogP contribution in [0.5, 0.6) is 0 Å². The van der Waals surface area contributed by atoms with Crippen LogP contribution in [0.1, 0.15) is 11.1 Å². The molecule has 0 spiro atoms. The summed E-state index contributed by atoms with van der Waals surface area (Å²) in [4.78, 5) is 9.90. The highest BCUT2D eigenvalue weighted by atomic mass is 35.5. The first-order valence-corrected chi connectivity index (χ1v) is 5.56. The summed E-state index contributed by atoms with van der Waals surface area (Å²) in [5.74, 6) is 0. The van der Waals surface area contributed by atoms with Crippen molar-refractivity contribution in [2.75, 3.05) is 0 Å². The minimum Gasteiger partial charge on any atom is -0.373 e. The van der Waals surface area contributed by atoms with E-state index in [0.29, 0.717) is 0 Å². The molecule has 4 nitrogen and oxygen atoms in total. The van der Waals surface area contributed by atoms with E-state index in [1.807, 2.05) is 0 Å². The monoisotopic (exact) mass is 323 g/mol. The molecule has 0 amide bonds. The minimum absolute atomic E-state index is 0.200. The third-order valence-electron chi connectivity index (χ3n) is 1.70. The molecular formula is C7H2Cl5NO3. The number of rotatable bonds is 2. The summed E-state index contributed by atoms with van der Waals surface area (Å²) in [6, 6.07) is 0. The number of halogens is 5. The molecule has 0 heterocycles. The Morgan fingerprint density at radius 2 is 1.50 bits per heavy atom. The van der Waals surface area contributed by atoms with Crippen LogP contribution in [0.2, 0.25) is 20.1 Å². The van der Waals surface area contributed by atoms with Crippen molar-refractivity contribution in [3.05, 3.63) is 35.8 Å². The van der Waals surface area contributed by atoms with E-state index in [1.54, 1.807) is 0 Å². The second kappa shape index (κ2) is 5.12. The van der Waals surface area contributed by atoms with E-state index < -0.39 is 21.2 Å². The van der Waals surface area contributed by atoms with E-state index in [2.05, 4.69) is 0 Å². The summed E-state index contributed by atoms with van der Waals surface area (Å²) >= 11 is 28.0. The van der Waals surface area contributed by atoms with Crippen molar-refractivity contribution >= 4 is 63.7 Å². The lowest BCUT2D eigenvalue weighted by molar-refractivity contribution is -0.385. The molecule has 88 valence electrons. The summed E-state index contributed by atoms with van der Waals surface area (Å²) in [5, 5.41) is 18.8. The van der Waals surface area contributed by atoms with Crippen molar-refractivity contribution in [1.82, 2.24) is 0 Å². The minimum atomic E-state index is -1.71. The standard InChI is InChI=1S/C7H2Cl5NO3/c8-2-1(7(12)14)6(13(15)16)5(11)4(10)3(2)9/h7,14H. The molecule has 1 atom stereocenters. The van der Waals surface area contributed by atoms with E-state index in [4.69, 9.17) is 58.0 Å². The van der Waals surface area contributed by atoms with Crippen LogP contribution in [0.3, 0.4) is 0 Å². The molecule has 1 rings (SSSR count). The third kappa shape index (κ3) is 2.32. The van der Waals surface area contributed by atoms with Crippen LogP contribution in [0.25, 0.3) is 0 Å². The quantitative estimate of drug-likeness (QED) is 0.287. The fourth-order valence-corrected chi connectivity index (χ4v) is 2.33. The Balaban J connectivity index is 3.76. The SMILES string of the molecule is O=[N+]([O-])c1c(Cl)c(Cl)c(Cl)c(Cl)c1C(O)Cl. The van der Waals surface area contributed by atoms with Gasteiger partial charge in [0.1, 0.15) is 5.02 Å². The van der Waals surface area contributed by atoms with Gasteiger partial charge in [-0.25, -0.2) is 0 Å². The second-order valence-electron chi connectivity index (χ2n) is 2.61. The van der Waals surface area contributed by atoms with Crippen LogP contribution in [-0.4, -0.2) is 10.0 Å². The molecule has 1 aromatic rings. The lowest BCUT2D eigenvalue weighted by atomic mass is 10.2. The Hall–Kier alpha value is 0.0300. The summed E-state index contributed by atoms with van der Waals surface area (Å²) in [5.41, 5.74) is -2.75. The summed E-state index contributed by atoms with van der Waals surface area (Å²) < 4.78 is 0. The van der Waals surface area contributed by atoms with Gasteiger partial charge in [0.2, 0.25) is 0 Å². The molecule has 0 aliphatic heterocycles. The Morgan fingerprint density at radius 1 is 1.06 bits per heavy atom. The summed E-state index contributed by atoms with van der Waals surface area (Å²) in [6.07, 6.45) is 0. The van der Waals surface area contributed by atoms with Gasteiger partial charge in [0.15, 0.2) is 5.56 Å². The highest BCUT2D eigenvalue weighted by Crippen LogP contribution is 2.48. The molecule has 0 radical (unpaired) electrons. The van der Waals surface area contributed by atoms with E-state index in [0.717, 1.165) is 0 Å². The first-order valence-electron chi connectivity index (χ1n) is 3.61. The summed E-state index contributed by atoms with van der Waals surface area (Å²) in [6.45, 7) is 0. The smallest absolute Gasteiger partial charge is 0.298 e. The maximum absolute atomic E-state index is 10.8. The van der Waals surface area contributed by atoms with Crippen molar-refractivity contribution in [2.24, 2.45) is 0 Å². The number of nitrogens with zero attached hydrogens (tertiary/aromatic N) is 1. The molecule has 0 aromatic heterocycles. The molecule has 1 unspecified atom stereocenters. The Labute approximate surface area is 115 Å². The molecule has 1 aromatic carbocycles. The highest BCUT2D eigenvalue weighted by Gasteiger charge is 2.31. The van der Waals surface area contributed by atoms with E-state index in [1.165, 1.54) is 0 Å². The Bertz CT molecular complexity index is 462. The van der Waals surface area contributed by atoms with Crippen LogP contribution in [0.15, 0.2) is 0 Å². The van der Waals surface area contributed by atoms with Crippen LogP contribution in [0.4, 0.5) is 5.69 Å². The maximum atomic E-state index is 10.8. The molecule has 0 fully saturated rings. The molecule has 0 bridgehead atoms. The first kappa shape index (κ1) is 14.1. The van der Waals surface area contributed by atoms with E-state index >= 15 is 0 Å². The molecule has 9 heteroatoms. The molecule has 0 aliphatic rings. The molecule has 0 saturated carbocycles. The zero-order chi connectivity index (χ0) is 12.6. The predicted octanol–water partition coefficient (Wildman–Crippen LogP) is 4.44. The van der Waals surface area contributed by atoms with Gasteiger partial charge in [-0.3, -0.25) is 10.1 Å². The van der Waals surface area contributed by atoms with Gasteiger partial charge < -0.3 is 5.11 Å². The maximum Gasteiger partial charge on any atom is 0.298 e. The number of aliphatic hydroxyl groups is 1. The average Bonchev–Trinajstić information content (AvgIpc) is 2.18. The molecule has 0 aliphatic carbocycles. The highest BCUT2D eigenvalue weighted by molar-refractivity contribution is 6.53. The Kier molecular flexibility index (Phi) is 4.51. The van der Waals surface area contributed by atoms with Crippen molar-refractivity contribution in [3.8, 4) is 0 Å². The number of aliphatic hydroxyl groups excluding tert-OH is 1. The van der Waals surface area contributed by atoms with Crippen molar-refractivity contribution in [1.29, 1.82) is 0 Å². The van der Waals surface area contributed by atoms with Gasteiger partial charge in [-0.15, -0.1) is 0 Å². The van der Waals surface area contributed by atoms with Gasteiger partial charge in [-0.1, -0.05) is 58.0 Å². The number of hydrogen-bond donors (Lipinski definition) is 1. The zero-order valence-electron chi connectivity index (χ0n) is 7.18. The number of nitro groups is 1. The molecule has 16 heavy (non-hydrogen) atoms. The zero-order valence-corrected chi connectivity index (χ0v) is 11.0. The number of benzene rings is 1. The number of alkyl halides is 1. The van der Waals surface area contributed by atoms with Crippen molar-refractivity contribution in [3.63, 3.8) is 0 Å². The van der Waals surface area contributed by atoms with E-state index in [9.17, 15) is 15.2 Å². The largest absolute Gasteiger partial charge is 0.373 e. The number of nitro benzene ring substituents is 1. The summed E-state index contributed by atoms with van der Waals surface area (Å²) in [7, 11) is 0. The van der Waals surface area contributed by atoms with Gasteiger partial charge in [0, 0.05) is 0 Å². The lowest BCUT2D eigenvalue weighted by Crippen LogP contribution is -2.01. The van der Waals surface area contributed by atoms with Crippen LogP contribution < -0.4 is 0 Å². The van der Waals surface area contributed by atoms with Crippen LogP contribution >= 0.6 is 58.0 Å². The topological polar surface area (TPSA) is 63.4 Å². The molecule has 1 N–H and O–H groups in total. The molecule has 0 saturated heterocycles. The van der Waals surface area contributed by atoms with Crippen LogP contribution in [0, 0.1) is 10.1 Å². The van der Waals surface area contributed by atoms with Gasteiger partial charge in [-0.2, -0.15) is 0 Å². The van der Waals surface area contributed by atoms with Gasteiger partial charge in [0.05, 0.1) is 25.6 Å². The molecular weight excluding hydrogens is 323 g/mol. The second-order valence-corrected chi connectivity index (χ2v) is 4.54. The van der Waals surface area contributed by atoms with Gasteiger partial charge in [0.25, 0.3) is 5.69 Å². The first-order chi connectivity index (χ1) is 7.29. The van der Waals surface area contributed by atoms with E-state index in [-0.39, 0.29) is 20.6 Å². The van der Waals surface area contributed by atoms with Crippen molar-refractivity contribution < 1.29 is 10.0 Å². The van der Waals surface area contributed by atoms with Crippen molar-refractivity contribution in [2.45, 2.75) is 5.56 Å². The van der Waals surface area contributed by atoms with Gasteiger partial charge >= 0.3 is 0 Å².